The fourth-order valence-electron chi connectivity index (χ4n) is 6.49. The summed E-state index contributed by atoms with van der Waals surface area (Å²) in [6.07, 6.45) is -1.61. The van der Waals surface area contributed by atoms with Crippen molar-refractivity contribution < 1.29 is 27.9 Å². The van der Waals surface area contributed by atoms with Gasteiger partial charge < -0.3 is 25.2 Å². The third-order valence-electron chi connectivity index (χ3n) is 8.80. The molecule has 0 bridgehead atoms. The van der Waals surface area contributed by atoms with Crippen molar-refractivity contribution >= 4 is 29.0 Å². The number of carbonyl (C=O) groups excluding carboxylic acids is 1. The Kier molecular flexibility index (Phi) is 9.10. The Morgan fingerprint density at radius 1 is 1.11 bits per heavy atom. The lowest BCUT2D eigenvalue weighted by Crippen LogP contribution is -2.45. The summed E-state index contributed by atoms with van der Waals surface area (Å²) in [7, 11) is 1.64. The first kappa shape index (κ1) is 32.3. The number of hydrogen-bond donors (Lipinski definition) is 3. The van der Waals surface area contributed by atoms with Crippen LogP contribution in [0.3, 0.4) is 0 Å². The average Bonchev–Trinajstić information content (AvgIpc) is 3.75. The molecule has 3 aromatic rings. The lowest BCUT2D eigenvalue weighted by atomic mass is 10.1. The third-order valence-corrected chi connectivity index (χ3v) is 8.80. The van der Waals surface area contributed by atoms with Gasteiger partial charge in [-0.1, -0.05) is 38.1 Å². The zero-order valence-corrected chi connectivity index (χ0v) is 25.4. The van der Waals surface area contributed by atoms with E-state index in [0.717, 1.165) is 55.8 Å². The van der Waals surface area contributed by atoms with Crippen LogP contribution in [-0.4, -0.2) is 73.6 Å². The molecular weight excluding hydrogens is 595 g/mol. The van der Waals surface area contributed by atoms with Crippen LogP contribution < -0.4 is 26.8 Å². The Hall–Kier alpha value is -4.14. The summed E-state index contributed by atoms with van der Waals surface area (Å²) in [6.45, 7) is 7.42. The minimum Gasteiger partial charge on any atom is -0.475 e. The van der Waals surface area contributed by atoms with Crippen LogP contribution in [-0.2, 0) is 42.6 Å². The number of fused-ring (bicyclic) bond motifs is 3. The lowest BCUT2D eigenvalue weighted by Gasteiger charge is -2.25. The molecule has 45 heavy (non-hydrogen) atoms. The maximum atomic E-state index is 13.9. The number of nitrogens with zero attached hydrogens (tertiary/aromatic N) is 5. The number of amides is 1. The molecule has 12 nitrogen and oxygen atoms in total. The quantitative estimate of drug-likeness (QED) is 0.357. The number of imidazole rings is 1. The van der Waals surface area contributed by atoms with Gasteiger partial charge in [-0.25, -0.2) is 14.2 Å². The molecule has 0 spiro atoms. The highest BCUT2D eigenvalue weighted by molar-refractivity contribution is 5.78. The number of aliphatic carboxylic acids is 1. The van der Waals surface area contributed by atoms with Crippen LogP contribution in [0.25, 0.3) is 11.2 Å². The van der Waals surface area contributed by atoms with Crippen LogP contribution in [0.5, 0.6) is 0 Å². The molecule has 1 amide bonds. The molecule has 2 aromatic heterocycles. The highest BCUT2D eigenvalue weighted by Gasteiger charge is 2.40. The molecule has 2 aliphatic heterocycles. The number of carboxylic acids is 1. The Morgan fingerprint density at radius 2 is 1.76 bits per heavy atom. The Balaban J connectivity index is 0.000000515. The van der Waals surface area contributed by atoms with E-state index in [-0.39, 0.29) is 18.5 Å². The minimum atomic E-state index is -5.08. The van der Waals surface area contributed by atoms with E-state index in [1.807, 2.05) is 16.7 Å². The number of hydrogen-bond acceptors (Lipinski definition) is 7. The van der Waals surface area contributed by atoms with Crippen molar-refractivity contribution in [3.8, 4) is 0 Å². The van der Waals surface area contributed by atoms with E-state index in [0.29, 0.717) is 35.6 Å². The SMILES string of the molecule is CC(C)CCn1c(N2CCC3CNCC32)nc2c1c(=O)n(CC(=O)NC1Cc3ccccc3C1)c(=O)n2C.O=C(O)C(F)(F)F. The van der Waals surface area contributed by atoms with Gasteiger partial charge in [-0.15, -0.1) is 0 Å². The number of halogens is 3. The van der Waals surface area contributed by atoms with Gasteiger partial charge in [0.1, 0.15) is 6.54 Å². The second kappa shape index (κ2) is 12.7. The predicted octanol–water partition coefficient (Wildman–Crippen LogP) is 1.66. The van der Waals surface area contributed by atoms with Gasteiger partial charge in [-0.3, -0.25) is 14.2 Å². The topological polar surface area (TPSA) is 143 Å². The zero-order chi connectivity index (χ0) is 32.6. The molecule has 2 saturated heterocycles. The molecule has 1 aromatic carbocycles. The summed E-state index contributed by atoms with van der Waals surface area (Å²) >= 11 is 0. The number of aromatic nitrogens is 4. The van der Waals surface area contributed by atoms with E-state index in [9.17, 15) is 27.6 Å². The normalized spacial score (nSPS) is 19.5. The Morgan fingerprint density at radius 3 is 2.36 bits per heavy atom. The molecule has 2 atom stereocenters. The average molecular weight is 634 g/mol. The number of carboxylic acid groups (broad SMARTS) is 1. The number of aryl methyl sites for hydroxylation is 2. The molecule has 0 saturated carbocycles. The summed E-state index contributed by atoms with van der Waals surface area (Å²) in [4.78, 5) is 56.3. The van der Waals surface area contributed by atoms with Crippen molar-refractivity contribution in [1.82, 2.24) is 29.3 Å². The smallest absolute Gasteiger partial charge is 0.475 e. The van der Waals surface area contributed by atoms with Crippen LogP contribution in [0.4, 0.5) is 19.1 Å². The van der Waals surface area contributed by atoms with Crippen LogP contribution in [0.2, 0.25) is 0 Å². The molecule has 3 N–H and O–H groups in total. The number of carbonyl (C=O) groups is 2. The van der Waals surface area contributed by atoms with Crippen molar-refractivity contribution in [3.63, 3.8) is 0 Å². The summed E-state index contributed by atoms with van der Waals surface area (Å²) in [5, 5.41) is 13.6. The van der Waals surface area contributed by atoms with Crippen LogP contribution >= 0.6 is 0 Å². The molecule has 244 valence electrons. The molecule has 3 aliphatic rings. The van der Waals surface area contributed by atoms with Gasteiger partial charge in [0.05, 0.1) is 0 Å². The lowest BCUT2D eigenvalue weighted by molar-refractivity contribution is -0.192. The van der Waals surface area contributed by atoms with Crippen molar-refractivity contribution in [2.75, 3.05) is 24.5 Å². The largest absolute Gasteiger partial charge is 0.490 e. The van der Waals surface area contributed by atoms with E-state index in [4.69, 9.17) is 14.9 Å². The summed E-state index contributed by atoms with van der Waals surface area (Å²) in [5.74, 6) is -1.31. The van der Waals surface area contributed by atoms with E-state index in [1.54, 1.807) is 7.05 Å². The minimum absolute atomic E-state index is 0.0329. The first-order chi connectivity index (χ1) is 21.3. The number of alkyl halides is 3. The summed E-state index contributed by atoms with van der Waals surface area (Å²) in [6, 6.07) is 8.47. The number of nitrogens with one attached hydrogen (secondary N) is 2. The van der Waals surface area contributed by atoms with Gasteiger partial charge >= 0.3 is 17.8 Å². The molecule has 2 unspecified atom stereocenters. The fraction of sp³-hybridized carbons (Fsp3) is 0.567. The number of anilines is 1. The molecule has 4 heterocycles. The molecule has 1 aliphatic carbocycles. The first-order valence-corrected chi connectivity index (χ1v) is 15.1. The molecule has 0 radical (unpaired) electrons. The van der Waals surface area contributed by atoms with Gasteiger partial charge in [0.2, 0.25) is 11.9 Å². The van der Waals surface area contributed by atoms with E-state index >= 15 is 0 Å². The second-order valence-corrected chi connectivity index (χ2v) is 12.4. The van der Waals surface area contributed by atoms with Gasteiger partial charge in [0, 0.05) is 45.3 Å². The summed E-state index contributed by atoms with van der Waals surface area (Å²) in [5.41, 5.74) is 2.28. The van der Waals surface area contributed by atoms with E-state index < -0.39 is 23.4 Å². The molecule has 2 fully saturated rings. The maximum absolute atomic E-state index is 13.9. The van der Waals surface area contributed by atoms with Crippen molar-refractivity contribution in [2.24, 2.45) is 18.9 Å². The van der Waals surface area contributed by atoms with Crippen molar-refractivity contribution in [3.05, 3.63) is 56.2 Å². The fourth-order valence-corrected chi connectivity index (χ4v) is 6.49. The van der Waals surface area contributed by atoms with Gasteiger partial charge in [0.15, 0.2) is 11.2 Å². The molecule has 6 rings (SSSR count). The second-order valence-electron chi connectivity index (χ2n) is 12.4. The van der Waals surface area contributed by atoms with E-state index in [1.165, 1.54) is 15.7 Å². The highest BCUT2D eigenvalue weighted by atomic mass is 19.4. The molecular formula is C30H38F3N7O5. The molecule has 15 heteroatoms. The highest BCUT2D eigenvalue weighted by Crippen LogP contribution is 2.33. The third kappa shape index (κ3) is 6.63. The monoisotopic (exact) mass is 633 g/mol. The van der Waals surface area contributed by atoms with Gasteiger partial charge in [0.25, 0.3) is 5.56 Å². The zero-order valence-electron chi connectivity index (χ0n) is 25.4. The Bertz CT molecular complexity index is 1690. The number of rotatable bonds is 7. The predicted molar refractivity (Wildman–Crippen MR) is 160 cm³/mol. The maximum Gasteiger partial charge on any atom is 0.490 e. The van der Waals surface area contributed by atoms with Crippen LogP contribution in [0.1, 0.15) is 37.8 Å². The van der Waals surface area contributed by atoms with Gasteiger partial charge in [-0.2, -0.15) is 18.2 Å². The summed E-state index contributed by atoms with van der Waals surface area (Å²) < 4.78 is 36.2. The van der Waals surface area contributed by atoms with E-state index in [2.05, 4.69) is 41.5 Å². The van der Waals surface area contributed by atoms with Gasteiger partial charge in [-0.05, 0) is 48.6 Å². The van der Waals surface area contributed by atoms with Crippen LogP contribution in [0.15, 0.2) is 33.9 Å². The first-order valence-electron chi connectivity index (χ1n) is 15.1. The number of benzene rings is 1. The Labute approximate surface area is 256 Å². The van der Waals surface area contributed by atoms with Crippen LogP contribution in [0, 0.1) is 11.8 Å². The standard InChI is InChI=1S/C28H37N7O3.C2HF3O2/c1-17(2)8-10-34-24-25(31-27(34)33-11-9-20-14-29-15-22(20)33)32(3)28(38)35(26(24)37)16-23(36)30-21-12-18-6-4-5-7-19(18)13-21;3-2(4,5)1(6)7/h4-7,17,20-22,29H,8-16H2,1-3H3,(H,30,36);(H,6,7). The van der Waals surface area contributed by atoms with Crippen molar-refractivity contribution in [1.29, 1.82) is 0 Å². The van der Waals surface area contributed by atoms with Crippen molar-refractivity contribution in [2.45, 2.75) is 70.9 Å².